The fourth-order valence-corrected chi connectivity index (χ4v) is 7.99. The molecule has 0 aliphatic heterocycles. The zero-order valence-corrected chi connectivity index (χ0v) is 28.3. The average Bonchev–Trinajstić information content (AvgIpc) is 3.57. The third-order valence-electron chi connectivity index (χ3n) is 10.6. The molecule has 0 bridgehead atoms. The van der Waals surface area contributed by atoms with Crippen LogP contribution in [0.3, 0.4) is 0 Å². The van der Waals surface area contributed by atoms with Gasteiger partial charge in [-0.25, -0.2) is 9.97 Å². The molecule has 6 aromatic carbocycles. The minimum Gasteiger partial charge on any atom is -0.309 e. The Labute approximate surface area is 297 Å². The Kier molecular flexibility index (Phi) is 7.09. The van der Waals surface area contributed by atoms with Crippen molar-refractivity contribution in [2.24, 2.45) is 0 Å². The van der Waals surface area contributed by atoms with Crippen LogP contribution < -0.4 is 0 Å². The molecule has 0 amide bonds. The molecule has 0 saturated heterocycles. The van der Waals surface area contributed by atoms with Crippen molar-refractivity contribution in [2.75, 3.05) is 0 Å². The summed E-state index contributed by atoms with van der Waals surface area (Å²) >= 11 is 0. The van der Waals surface area contributed by atoms with Gasteiger partial charge in [-0.3, -0.25) is 0 Å². The normalized spacial score (nSPS) is 13.9. The van der Waals surface area contributed by atoms with Crippen LogP contribution in [0.2, 0.25) is 0 Å². The van der Waals surface area contributed by atoms with Crippen LogP contribution >= 0.6 is 0 Å². The van der Waals surface area contributed by atoms with Gasteiger partial charge in [0.1, 0.15) is 0 Å². The fourth-order valence-electron chi connectivity index (χ4n) is 7.99. The summed E-state index contributed by atoms with van der Waals surface area (Å²) in [5.74, 6) is 0.744. The van der Waals surface area contributed by atoms with E-state index in [9.17, 15) is 0 Å². The average molecular weight is 654 g/mol. The lowest BCUT2D eigenvalue weighted by Gasteiger charge is -2.14. The Balaban J connectivity index is 1.10. The Bertz CT molecular complexity index is 2710. The predicted octanol–water partition coefficient (Wildman–Crippen LogP) is 12.4. The first-order valence-corrected chi connectivity index (χ1v) is 17.9. The molecule has 0 unspecified atom stereocenters. The molecule has 2 aliphatic rings. The zero-order valence-electron chi connectivity index (χ0n) is 28.3. The van der Waals surface area contributed by atoms with E-state index >= 15 is 0 Å². The first-order valence-electron chi connectivity index (χ1n) is 17.9. The second-order valence-corrected chi connectivity index (χ2v) is 13.6. The second-order valence-electron chi connectivity index (χ2n) is 13.6. The molecule has 8 aromatic rings. The molecule has 3 heteroatoms. The van der Waals surface area contributed by atoms with Crippen LogP contribution in [0.5, 0.6) is 0 Å². The summed E-state index contributed by atoms with van der Waals surface area (Å²) in [6.07, 6.45) is 15.4. The molecule has 2 aromatic heterocycles. The molecule has 2 heterocycles. The van der Waals surface area contributed by atoms with E-state index in [2.05, 4.69) is 168 Å². The van der Waals surface area contributed by atoms with Crippen LogP contribution in [0.15, 0.2) is 158 Å². The Morgan fingerprint density at radius 3 is 2.08 bits per heavy atom. The monoisotopic (exact) mass is 653 g/mol. The summed E-state index contributed by atoms with van der Waals surface area (Å²) in [4.78, 5) is 10.3. The molecule has 0 saturated carbocycles. The van der Waals surface area contributed by atoms with Crippen molar-refractivity contribution >= 4 is 44.2 Å². The highest BCUT2D eigenvalue weighted by Gasteiger charge is 2.20. The minimum atomic E-state index is 0.744. The Hall–Kier alpha value is -6.32. The first-order chi connectivity index (χ1) is 25.3. The summed E-state index contributed by atoms with van der Waals surface area (Å²) < 4.78 is 2.44. The van der Waals surface area contributed by atoms with E-state index in [0.29, 0.717) is 0 Å². The van der Waals surface area contributed by atoms with Gasteiger partial charge in [0.2, 0.25) is 0 Å². The third-order valence-corrected chi connectivity index (χ3v) is 10.6. The summed E-state index contributed by atoms with van der Waals surface area (Å²) in [6, 6.07) is 48.2. The van der Waals surface area contributed by atoms with Crippen molar-refractivity contribution in [3.8, 4) is 39.5 Å². The first kappa shape index (κ1) is 29.6. The lowest BCUT2D eigenvalue weighted by molar-refractivity contribution is 0.989. The predicted molar refractivity (Wildman–Crippen MR) is 214 cm³/mol. The maximum Gasteiger partial charge on any atom is 0.160 e. The summed E-state index contributed by atoms with van der Waals surface area (Å²) in [7, 11) is 0. The van der Waals surface area contributed by atoms with Crippen molar-refractivity contribution in [1.82, 2.24) is 14.5 Å². The molecule has 0 atom stereocenters. The SMILES string of the molecule is C1=CCCC(c2cc(-c3ccc(-n4c5ccc6c(c5c5c7ccccc7ccc54)C=CCC6)cc3)nc(-c3ccc(-c4ccccc4)cc3)n2)=C1. The Morgan fingerprint density at radius 1 is 0.529 bits per heavy atom. The van der Waals surface area contributed by atoms with E-state index in [1.54, 1.807) is 0 Å². The van der Waals surface area contributed by atoms with Crippen LogP contribution in [0, 0.1) is 0 Å². The van der Waals surface area contributed by atoms with Crippen LogP contribution in [0.1, 0.15) is 36.1 Å². The molecule has 0 N–H and O–H groups in total. The molecule has 2 aliphatic carbocycles. The van der Waals surface area contributed by atoms with E-state index in [4.69, 9.17) is 9.97 Å². The quantitative estimate of drug-likeness (QED) is 0.185. The Morgan fingerprint density at radius 2 is 1.24 bits per heavy atom. The number of allylic oxidation sites excluding steroid dienone is 5. The van der Waals surface area contributed by atoms with Gasteiger partial charge in [-0.1, -0.05) is 134 Å². The number of rotatable bonds is 5. The number of hydrogen-bond donors (Lipinski definition) is 0. The smallest absolute Gasteiger partial charge is 0.160 e. The van der Waals surface area contributed by atoms with E-state index in [-0.39, 0.29) is 0 Å². The van der Waals surface area contributed by atoms with Crippen molar-refractivity contribution in [3.05, 3.63) is 175 Å². The topological polar surface area (TPSA) is 30.7 Å². The van der Waals surface area contributed by atoms with E-state index in [1.807, 2.05) is 0 Å². The van der Waals surface area contributed by atoms with E-state index in [0.717, 1.165) is 59.7 Å². The van der Waals surface area contributed by atoms with Gasteiger partial charge >= 0.3 is 0 Å². The lowest BCUT2D eigenvalue weighted by Crippen LogP contribution is -2.00. The molecule has 51 heavy (non-hydrogen) atoms. The number of fused-ring (bicyclic) bond motifs is 7. The number of aryl methyl sites for hydroxylation is 1. The number of aromatic nitrogens is 3. The molecule has 0 spiro atoms. The summed E-state index contributed by atoms with van der Waals surface area (Å²) in [5, 5.41) is 5.24. The fraction of sp³-hybridized carbons (Fsp3) is 0.0833. The molecule has 10 rings (SSSR count). The highest BCUT2D eigenvalue weighted by molar-refractivity contribution is 6.23. The van der Waals surface area contributed by atoms with Gasteiger partial charge in [-0.15, -0.1) is 0 Å². The number of nitrogens with zero attached hydrogens (tertiary/aromatic N) is 3. The standard InChI is InChI=1S/C48H35N3/c1-3-11-32(12-4-1)33-19-21-38(22-20-33)48-49-42(36-15-5-2-6-16-36)31-43(50-48)37-23-27-39(28-24-37)51-44-29-25-34-13-7-9-17-40(34)46(44)47-41-18-10-8-14-35(41)26-30-45(47)51/h1-5,7,9-13,15,17-31H,6,8,14,16H2. The summed E-state index contributed by atoms with van der Waals surface area (Å²) in [6.45, 7) is 0. The van der Waals surface area contributed by atoms with Gasteiger partial charge < -0.3 is 4.57 Å². The molecular weight excluding hydrogens is 619 g/mol. The van der Waals surface area contributed by atoms with Gasteiger partial charge in [0.05, 0.1) is 22.4 Å². The second kappa shape index (κ2) is 12.2. The van der Waals surface area contributed by atoms with Crippen LogP contribution in [-0.2, 0) is 6.42 Å². The van der Waals surface area contributed by atoms with E-state index in [1.165, 1.54) is 60.4 Å². The van der Waals surface area contributed by atoms with Crippen LogP contribution in [-0.4, -0.2) is 14.5 Å². The molecule has 0 fully saturated rings. The highest BCUT2D eigenvalue weighted by Crippen LogP contribution is 2.41. The molecule has 242 valence electrons. The highest BCUT2D eigenvalue weighted by atomic mass is 15.0. The maximum absolute atomic E-state index is 5.18. The van der Waals surface area contributed by atoms with Gasteiger partial charge in [-0.05, 0) is 94.6 Å². The van der Waals surface area contributed by atoms with Gasteiger partial charge in [0, 0.05) is 27.6 Å². The van der Waals surface area contributed by atoms with Crippen molar-refractivity contribution in [3.63, 3.8) is 0 Å². The molecule has 0 radical (unpaired) electrons. The van der Waals surface area contributed by atoms with Crippen molar-refractivity contribution in [1.29, 1.82) is 0 Å². The molecular formula is C48H35N3. The number of hydrogen-bond acceptors (Lipinski definition) is 2. The number of benzene rings is 6. The van der Waals surface area contributed by atoms with E-state index < -0.39 is 0 Å². The summed E-state index contributed by atoms with van der Waals surface area (Å²) in [5.41, 5.74) is 14.0. The third kappa shape index (κ3) is 5.13. The van der Waals surface area contributed by atoms with Crippen LogP contribution in [0.4, 0.5) is 0 Å². The van der Waals surface area contributed by atoms with Gasteiger partial charge in [-0.2, -0.15) is 0 Å². The van der Waals surface area contributed by atoms with Gasteiger partial charge in [0.25, 0.3) is 0 Å². The maximum atomic E-state index is 5.18. The van der Waals surface area contributed by atoms with Crippen LogP contribution in [0.25, 0.3) is 83.7 Å². The zero-order chi connectivity index (χ0) is 33.7. The minimum absolute atomic E-state index is 0.744. The molecule has 3 nitrogen and oxygen atoms in total. The largest absolute Gasteiger partial charge is 0.309 e. The van der Waals surface area contributed by atoms with Gasteiger partial charge in [0.15, 0.2) is 5.82 Å². The van der Waals surface area contributed by atoms with Crippen molar-refractivity contribution < 1.29 is 0 Å². The lowest BCUT2D eigenvalue weighted by atomic mass is 9.92. The van der Waals surface area contributed by atoms with Crippen molar-refractivity contribution in [2.45, 2.75) is 25.7 Å².